The molecule has 0 unspecified atom stereocenters. The first kappa shape index (κ1) is 18.7. The third kappa shape index (κ3) is 6.64. The van der Waals surface area contributed by atoms with Crippen molar-refractivity contribution in [2.24, 2.45) is 0 Å². The number of hydrogen-bond acceptors (Lipinski definition) is 3. The largest absolute Gasteiger partial charge is 0.387 e. The summed E-state index contributed by atoms with van der Waals surface area (Å²) in [4.78, 5) is 12.8. The predicted molar refractivity (Wildman–Crippen MR) is 71.0 cm³/mol. The summed E-state index contributed by atoms with van der Waals surface area (Å²) in [5.41, 5.74) is -0.0910. The molecule has 0 saturated carbocycles. The Morgan fingerprint density at radius 2 is 1.65 bits per heavy atom. The van der Waals surface area contributed by atoms with Crippen molar-refractivity contribution in [3.63, 3.8) is 0 Å². The van der Waals surface area contributed by atoms with Crippen LogP contribution in [-0.4, -0.2) is 48.3 Å². The summed E-state index contributed by atoms with van der Waals surface area (Å²) in [6.07, 6.45) is 1.68. The Hall–Kier alpha value is -0.610. The van der Waals surface area contributed by atoms with Crippen LogP contribution in [0, 0.1) is 0 Å². The van der Waals surface area contributed by atoms with Crippen molar-refractivity contribution < 1.29 is 14.6 Å². The van der Waals surface area contributed by atoms with Crippen LogP contribution in [-0.2, 0) is 9.53 Å². The number of carbonyl (C=O) groups excluding carboxylic acids is 1. The van der Waals surface area contributed by atoms with Gasteiger partial charge in [-0.1, -0.05) is 27.7 Å². The van der Waals surface area contributed by atoms with Gasteiger partial charge in [-0.3, -0.25) is 4.79 Å². The lowest BCUT2D eigenvalue weighted by Crippen LogP contribution is -2.46. The summed E-state index contributed by atoms with van der Waals surface area (Å²) in [6.45, 7) is 11.0. The maximum atomic E-state index is 11.1. The number of rotatable bonds is 2. The second kappa shape index (κ2) is 10.5. The summed E-state index contributed by atoms with van der Waals surface area (Å²) in [7, 11) is 1.70. The highest BCUT2D eigenvalue weighted by molar-refractivity contribution is 5.77. The first-order valence-electron chi connectivity index (χ1n) is 6.55. The molecule has 0 aliphatic carbocycles. The van der Waals surface area contributed by atoms with E-state index in [1.807, 2.05) is 34.6 Å². The van der Waals surface area contributed by atoms with Gasteiger partial charge in [0.05, 0.1) is 5.60 Å². The zero-order valence-corrected chi connectivity index (χ0v) is 12.2. The smallest absolute Gasteiger partial charge is 0.248 e. The molecule has 4 nitrogen and oxygen atoms in total. The van der Waals surface area contributed by atoms with Gasteiger partial charge in [-0.05, 0) is 19.8 Å². The van der Waals surface area contributed by atoms with Gasteiger partial charge in [0, 0.05) is 20.2 Å². The maximum Gasteiger partial charge on any atom is 0.248 e. The molecule has 0 spiro atoms. The molecule has 0 aromatic rings. The Labute approximate surface area is 106 Å². The Morgan fingerprint density at radius 1 is 1.24 bits per heavy atom. The molecule has 104 valence electrons. The molecule has 1 N–H and O–H groups in total. The van der Waals surface area contributed by atoms with Crippen molar-refractivity contribution in [1.82, 2.24) is 4.90 Å². The Kier molecular flexibility index (Phi) is 11.6. The van der Waals surface area contributed by atoms with E-state index >= 15 is 0 Å². The summed E-state index contributed by atoms with van der Waals surface area (Å²) < 4.78 is 5.34. The number of aliphatic hydroxyl groups excluding tert-OH is 1. The van der Waals surface area contributed by atoms with E-state index in [-0.39, 0.29) is 18.1 Å². The molecule has 1 aliphatic rings. The van der Waals surface area contributed by atoms with E-state index in [1.165, 1.54) is 0 Å². The highest BCUT2D eigenvalue weighted by Crippen LogP contribution is 2.24. The van der Waals surface area contributed by atoms with Crippen molar-refractivity contribution in [2.45, 2.75) is 53.1 Å². The van der Waals surface area contributed by atoms with E-state index in [2.05, 4.69) is 0 Å². The molecule has 0 aromatic heterocycles. The molecule has 1 amide bonds. The van der Waals surface area contributed by atoms with Crippen molar-refractivity contribution >= 4 is 5.91 Å². The van der Waals surface area contributed by atoms with Crippen LogP contribution in [0.4, 0.5) is 0 Å². The molecule has 0 radical (unpaired) electrons. The molecular formula is C13H29NO3. The fraction of sp³-hybridized carbons (Fsp3) is 0.923. The second-order valence-corrected chi connectivity index (χ2v) is 3.69. The lowest BCUT2D eigenvalue weighted by Gasteiger charge is -2.38. The van der Waals surface area contributed by atoms with Gasteiger partial charge >= 0.3 is 0 Å². The van der Waals surface area contributed by atoms with Crippen molar-refractivity contribution in [1.29, 1.82) is 0 Å². The number of piperidine rings is 1. The van der Waals surface area contributed by atoms with Crippen molar-refractivity contribution in [3.05, 3.63) is 0 Å². The summed E-state index contributed by atoms with van der Waals surface area (Å²) in [5.74, 6) is -0.182. The van der Waals surface area contributed by atoms with Crippen LogP contribution < -0.4 is 0 Å². The SMILES string of the molecule is CC.CC.COC1(C)CCN(C(=O)CO)CC1. The van der Waals surface area contributed by atoms with Crippen LogP contribution in [0.15, 0.2) is 0 Å². The van der Waals surface area contributed by atoms with Crippen LogP contribution in [0.25, 0.3) is 0 Å². The van der Waals surface area contributed by atoms with Crippen molar-refractivity contribution in [2.75, 3.05) is 26.8 Å². The molecule has 0 bridgehead atoms. The number of carbonyl (C=O) groups is 1. The van der Waals surface area contributed by atoms with Crippen LogP contribution in [0.3, 0.4) is 0 Å². The van der Waals surface area contributed by atoms with Gasteiger partial charge in [-0.2, -0.15) is 0 Å². The Morgan fingerprint density at radius 3 is 1.94 bits per heavy atom. The first-order chi connectivity index (χ1) is 8.11. The van der Waals surface area contributed by atoms with Gasteiger partial charge in [0.2, 0.25) is 5.91 Å². The normalized spacial score (nSPS) is 17.2. The zero-order valence-electron chi connectivity index (χ0n) is 12.2. The monoisotopic (exact) mass is 247 g/mol. The van der Waals surface area contributed by atoms with Gasteiger partial charge < -0.3 is 14.7 Å². The molecule has 1 rings (SSSR count). The van der Waals surface area contributed by atoms with Gasteiger partial charge in [0.1, 0.15) is 6.61 Å². The van der Waals surface area contributed by atoms with E-state index in [9.17, 15) is 4.79 Å². The van der Waals surface area contributed by atoms with Crippen LogP contribution in [0.5, 0.6) is 0 Å². The fourth-order valence-electron chi connectivity index (χ4n) is 1.53. The zero-order chi connectivity index (χ0) is 13.9. The molecule has 1 fully saturated rings. The van der Waals surface area contributed by atoms with Gasteiger partial charge in [0.15, 0.2) is 0 Å². The van der Waals surface area contributed by atoms with E-state index in [1.54, 1.807) is 12.0 Å². The van der Waals surface area contributed by atoms with Crippen LogP contribution in [0.1, 0.15) is 47.5 Å². The lowest BCUT2D eigenvalue weighted by molar-refractivity contribution is -0.138. The summed E-state index contributed by atoms with van der Waals surface area (Å²) >= 11 is 0. The molecule has 0 aromatic carbocycles. The minimum atomic E-state index is -0.385. The summed E-state index contributed by atoms with van der Waals surface area (Å²) in [6, 6.07) is 0. The van der Waals surface area contributed by atoms with E-state index in [4.69, 9.17) is 9.84 Å². The van der Waals surface area contributed by atoms with Gasteiger partial charge in [0.25, 0.3) is 0 Å². The fourth-order valence-corrected chi connectivity index (χ4v) is 1.53. The molecule has 1 aliphatic heterocycles. The first-order valence-corrected chi connectivity index (χ1v) is 6.55. The number of methoxy groups -OCH3 is 1. The minimum absolute atomic E-state index is 0.0910. The average molecular weight is 247 g/mol. The topological polar surface area (TPSA) is 49.8 Å². The third-order valence-electron chi connectivity index (χ3n) is 2.80. The molecule has 4 heteroatoms. The standard InChI is InChI=1S/C9H17NO3.2C2H6/c1-9(13-2)3-5-10(6-4-9)8(12)7-11;2*1-2/h11H,3-7H2,1-2H3;2*1-2H3. The van der Waals surface area contributed by atoms with Crippen LogP contribution in [0.2, 0.25) is 0 Å². The number of aliphatic hydroxyl groups is 1. The second-order valence-electron chi connectivity index (χ2n) is 3.69. The molecule has 1 saturated heterocycles. The highest BCUT2D eigenvalue weighted by atomic mass is 16.5. The number of amides is 1. The van der Waals surface area contributed by atoms with E-state index in [0.29, 0.717) is 13.1 Å². The molecule has 17 heavy (non-hydrogen) atoms. The van der Waals surface area contributed by atoms with Gasteiger partial charge in [-0.25, -0.2) is 0 Å². The average Bonchev–Trinajstić information content (AvgIpc) is 2.43. The number of likely N-dealkylation sites (tertiary alicyclic amines) is 1. The predicted octanol–water partition coefficient (Wildman–Crippen LogP) is 2.06. The Balaban J connectivity index is 0. The highest BCUT2D eigenvalue weighted by Gasteiger charge is 2.31. The molecule has 1 heterocycles. The lowest BCUT2D eigenvalue weighted by atomic mass is 9.93. The van der Waals surface area contributed by atoms with Crippen molar-refractivity contribution in [3.8, 4) is 0 Å². The summed E-state index contributed by atoms with van der Waals surface area (Å²) in [5, 5.41) is 8.65. The quantitative estimate of drug-likeness (QED) is 0.812. The third-order valence-corrected chi connectivity index (χ3v) is 2.80. The minimum Gasteiger partial charge on any atom is -0.387 e. The number of ether oxygens (including phenoxy) is 1. The molecular weight excluding hydrogens is 218 g/mol. The van der Waals surface area contributed by atoms with Crippen LogP contribution >= 0.6 is 0 Å². The van der Waals surface area contributed by atoms with E-state index < -0.39 is 0 Å². The van der Waals surface area contributed by atoms with Gasteiger partial charge in [-0.15, -0.1) is 0 Å². The number of nitrogens with zero attached hydrogens (tertiary/aromatic N) is 1. The molecule has 0 atom stereocenters. The maximum absolute atomic E-state index is 11.1. The number of hydrogen-bond donors (Lipinski definition) is 1. The van der Waals surface area contributed by atoms with E-state index in [0.717, 1.165) is 12.8 Å². The Bertz CT molecular complexity index is 187.